The monoisotopic (exact) mass is 435 g/mol. The molecule has 0 unspecified atom stereocenters. The number of carbonyl (C=O) groups excluding carboxylic acids is 2. The number of hydrogen-bond donors (Lipinski definition) is 1. The molecule has 5 heterocycles. The quantitative estimate of drug-likeness (QED) is 0.590. The van der Waals surface area contributed by atoms with Crippen molar-refractivity contribution in [3.05, 3.63) is 63.5 Å². The van der Waals surface area contributed by atoms with E-state index in [1.165, 1.54) is 10.5 Å². The first-order valence-electron chi connectivity index (χ1n) is 10.7. The molecule has 7 heteroatoms. The largest absolute Gasteiger partial charge is 0.381 e. The van der Waals surface area contributed by atoms with Crippen LogP contribution in [0.1, 0.15) is 28.8 Å². The highest BCUT2D eigenvalue weighted by atomic mass is 32.1. The Labute approximate surface area is 185 Å². The molecule has 160 valence electrons. The van der Waals surface area contributed by atoms with E-state index >= 15 is 0 Å². The molecule has 2 aromatic heterocycles. The van der Waals surface area contributed by atoms with Crippen molar-refractivity contribution in [1.82, 2.24) is 9.88 Å². The summed E-state index contributed by atoms with van der Waals surface area (Å²) in [5, 5.41) is 5.05. The van der Waals surface area contributed by atoms with E-state index in [9.17, 15) is 9.59 Å². The van der Waals surface area contributed by atoms with Gasteiger partial charge in [0.1, 0.15) is 5.82 Å². The lowest BCUT2D eigenvalue weighted by molar-refractivity contribution is -0.131. The number of pyridine rings is 1. The van der Waals surface area contributed by atoms with E-state index in [1.54, 1.807) is 23.6 Å². The smallest absolute Gasteiger partial charge is 0.247 e. The van der Waals surface area contributed by atoms with Crippen molar-refractivity contribution in [3.63, 3.8) is 0 Å². The van der Waals surface area contributed by atoms with Crippen LogP contribution < -0.4 is 5.32 Å². The molecule has 2 amide bonds. The van der Waals surface area contributed by atoms with Crippen molar-refractivity contribution in [2.24, 2.45) is 5.41 Å². The number of nitrogens with one attached hydrogen (secondary N) is 1. The number of allylic oxidation sites excluding steroid dienone is 1. The van der Waals surface area contributed by atoms with E-state index in [0.29, 0.717) is 38.5 Å². The van der Waals surface area contributed by atoms with Gasteiger partial charge in [-0.05, 0) is 59.6 Å². The summed E-state index contributed by atoms with van der Waals surface area (Å²) in [6.45, 7) is 2.63. The number of hydrogen-bond acceptors (Lipinski definition) is 5. The van der Waals surface area contributed by atoms with E-state index in [2.05, 4.69) is 33.9 Å². The molecule has 0 aliphatic carbocycles. The Kier molecular flexibility index (Phi) is 5.46. The molecule has 0 atom stereocenters. The number of amides is 2. The average molecular weight is 436 g/mol. The van der Waals surface area contributed by atoms with Crippen LogP contribution in [-0.2, 0) is 27.2 Å². The molecule has 6 nitrogen and oxygen atoms in total. The summed E-state index contributed by atoms with van der Waals surface area (Å²) in [7, 11) is 0. The lowest BCUT2D eigenvalue weighted by Crippen LogP contribution is -2.45. The zero-order valence-corrected chi connectivity index (χ0v) is 18.1. The van der Waals surface area contributed by atoms with Gasteiger partial charge in [-0.2, -0.15) is 0 Å². The fourth-order valence-corrected chi connectivity index (χ4v) is 5.06. The molecule has 0 saturated carbocycles. The lowest BCUT2D eigenvalue weighted by atomic mass is 9.72. The second kappa shape index (κ2) is 8.40. The standard InChI is InChI=1S/C24H25N3O3S/c28-21(27-15-18(16-27)3-5-20-2-1-11-31-20)6-4-17-12-19-13-24(7-9-30-10-8-24)23(29)26-22(19)25-14-17/h1-4,6,11-12,14H,5,7-10,13,15-16H2,(H,25,26,29)/b6-4+. The van der Waals surface area contributed by atoms with Gasteiger partial charge in [-0.3, -0.25) is 9.59 Å². The zero-order valence-electron chi connectivity index (χ0n) is 17.3. The Morgan fingerprint density at radius 2 is 2.16 bits per heavy atom. The van der Waals surface area contributed by atoms with Crippen LogP contribution in [0.15, 0.2) is 47.5 Å². The van der Waals surface area contributed by atoms with Crippen LogP contribution >= 0.6 is 11.3 Å². The molecule has 2 saturated heterocycles. The predicted molar refractivity (Wildman–Crippen MR) is 121 cm³/mol. The zero-order chi connectivity index (χ0) is 21.3. The highest BCUT2D eigenvalue weighted by molar-refractivity contribution is 7.09. The minimum absolute atomic E-state index is 0.0141. The summed E-state index contributed by atoms with van der Waals surface area (Å²) in [5.74, 6) is 0.698. The van der Waals surface area contributed by atoms with E-state index in [-0.39, 0.29) is 11.8 Å². The van der Waals surface area contributed by atoms with Crippen LogP contribution in [0.3, 0.4) is 0 Å². The van der Waals surface area contributed by atoms with Crippen molar-refractivity contribution in [2.75, 3.05) is 31.6 Å². The van der Waals surface area contributed by atoms with Gasteiger partial charge >= 0.3 is 0 Å². The molecule has 3 aliphatic rings. The molecule has 3 aliphatic heterocycles. The summed E-state index contributed by atoms with van der Waals surface area (Å²) in [6.07, 6.45) is 10.4. The Morgan fingerprint density at radius 3 is 2.94 bits per heavy atom. The minimum Gasteiger partial charge on any atom is -0.381 e. The van der Waals surface area contributed by atoms with Gasteiger partial charge < -0.3 is 15.0 Å². The van der Waals surface area contributed by atoms with Crippen molar-refractivity contribution in [2.45, 2.75) is 25.7 Å². The molecule has 5 rings (SSSR count). The van der Waals surface area contributed by atoms with Gasteiger partial charge in [0.25, 0.3) is 0 Å². The number of fused-ring (bicyclic) bond motifs is 1. The Hall–Kier alpha value is -2.77. The third-order valence-electron chi connectivity index (χ3n) is 6.37. The number of anilines is 1. The number of thiophene rings is 1. The third kappa shape index (κ3) is 4.20. The molecule has 1 spiro atoms. The second-order valence-corrected chi connectivity index (χ2v) is 9.51. The molecular weight excluding hydrogens is 410 g/mol. The first kappa shape index (κ1) is 20.2. The molecule has 1 N–H and O–H groups in total. The number of ether oxygens (including phenoxy) is 1. The fraction of sp³-hybridized carbons (Fsp3) is 0.375. The summed E-state index contributed by atoms with van der Waals surface area (Å²) in [4.78, 5) is 32.7. The van der Waals surface area contributed by atoms with E-state index in [0.717, 1.165) is 30.4 Å². The second-order valence-electron chi connectivity index (χ2n) is 8.47. The van der Waals surface area contributed by atoms with Crippen LogP contribution in [0.5, 0.6) is 0 Å². The molecule has 0 radical (unpaired) electrons. The van der Waals surface area contributed by atoms with Gasteiger partial charge in [0.05, 0.1) is 5.41 Å². The summed E-state index contributed by atoms with van der Waals surface area (Å²) in [6, 6.07) is 6.23. The summed E-state index contributed by atoms with van der Waals surface area (Å²) >= 11 is 1.76. The molecule has 2 aromatic rings. The Bertz CT molecular complexity index is 1040. The van der Waals surface area contributed by atoms with Crippen LogP contribution in [0.4, 0.5) is 5.82 Å². The average Bonchev–Trinajstić information content (AvgIpc) is 3.26. The topological polar surface area (TPSA) is 71.5 Å². The van der Waals surface area contributed by atoms with Gasteiger partial charge in [-0.15, -0.1) is 11.3 Å². The number of carbonyl (C=O) groups is 2. The Balaban J connectivity index is 1.20. The van der Waals surface area contributed by atoms with Gasteiger partial charge in [-0.25, -0.2) is 4.98 Å². The van der Waals surface area contributed by atoms with Crippen molar-refractivity contribution in [3.8, 4) is 0 Å². The first-order valence-corrected chi connectivity index (χ1v) is 11.5. The van der Waals surface area contributed by atoms with Gasteiger partial charge in [0.2, 0.25) is 11.8 Å². The maximum atomic E-state index is 12.6. The Morgan fingerprint density at radius 1 is 1.32 bits per heavy atom. The van der Waals surface area contributed by atoms with E-state index < -0.39 is 5.41 Å². The maximum Gasteiger partial charge on any atom is 0.247 e. The third-order valence-corrected chi connectivity index (χ3v) is 7.27. The molecule has 31 heavy (non-hydrogen) atoms. The van der Waals surface area contributed by atoms with Crippen molar-refractivity contribution < 1.29 is 14.3 Å². The summed E-state index contributed by atoms with van der Waals surface area (Å²) < 4.78 is 5.45. The minimum atomic E-state index is -0.394. The SMILES string of the molecule is O=C(/C=C/c1cnc2c(c1)CC1(CCOCC1)C(=O)N2)N1CC(=CCc2cccs2)C1. The molecule has 0 bridgehead atoms. The van der Waals surface area contributed by atoms with Crippen LogP contribution in [0.2, 0.25) is 0 Å². The summed E-state index contributed by atoms with van der Waals surface area (Å²) in [5.41, 5.74) is 2.82. The molecular formula is C24H25N3O3S. The molecule has 2 fully saturated rings. The highest BCUT2D eigenvalue weighted by Gasteiger charge is 2.43. The number of aromatic nitrogens is 1. The van der Waals surface area contributed by atoms with E-state index in [4.69, 9.17) is 4.74 Å². The molecule has 0 aromatic carbocycles. The van der Waals surface area contributed by atoms with Crippen LogP contribution in [-0.4, -0.2) is 48.0 Å². The maximum absolute atomic E-state index is 12.6. The highest BCUT2D eigenvalue weighted by Crippen LogP contribution is 2.40. The van der Waals surface area contributed by atoms with E-state index in [1.807, 2.05) is 17.0 Å². The predicted octanol–water partition coefficient (Wildman–Crippen LogP) is 3.46. The van der Waals surface area contributed by atoms with Crippen LogP contribution in [0.25, 0.3) is 6.08 Å². The van der Waals surface area contributed by atoms with Crippen molar-refractivity contribution in [1.29, 1.82) is 0 Å². The van der Waals surface area contributed by atoms with Gasteiger partial charge in [0.15, 0.2) is 0 Å². The normalized spacial score (nSPS) is 19.8. The van der Waals surface area contributed by atoms with Crippen LogP contribution in [0, 0.1) is 5.41 Å². The first-order chi connectivity index (χ1) is 15.1. The lowest BCUT2D eigenvalue weighted by Gasteiger charge is -2.39. The number of rotatable bonds is 4. The number of nitrogens with zero attached hydrogens (tertiary/aromatic N) is 2. The van der Waals surface area contributed by atoms with Gasteiger partial charge in [0, 0.05) is 49.9 Å². The van der Waals surface area contributed by atoms with Gasteiger partial charge in [-0.1, -0.05) is 12.1 Å². The fourth-order valence-electron chi connectivity index (χ4n) is 4.39. The van der Waals surface area contributed by atoms with Crippen molar-refractivity contribution >= 4 is 35.0 Å². The number of likely N-dealkylation sites (tertiary alicyclic amines) is 1.